The van der Waals surface area contributed by atoms with E-state index in [0.29, 0.717) is 28.3 Å². The van der Waals surface area contributed by atoms with Crippen LogP contribution in [-0.4, -0.2) is 11.9 Å². The summed E-state index contributed by atoms with van der Waals surface area (Å²) >= 11 is 5.97. The van der Waals surface area contributed by atoms with Gasteiger partial charge in [-0.1, -0.05) is 47.5 Å². The normalized spacial score (nSPS) is 15.5. The second-order valence-corrected chi connectivity index (χ2v) is 7.28. The van der Waals surface area contributed by atoms with Crippen LogP contribution < -0.4 is 5.32 Å². The van der Waals surface area contributed by atoms with E-state index in [1.165, 1.54) is 0 Å². The molecule has 0 fully saturated rings. The fraction of sp³-hybridized carbons (Fsp3) is 0.130. The third-order valence-corrected chi connectivity index (χ3v) is 5.01. The van der Waals surface area contributed by atoms with Crippen LogP contribution in [0.25, 0.3) is 0 Å². The molecule has 0 saturated carbocycles. The maximum Gasteiger partial charge on any atom is 0.339 e. The summed E-state index contributed by atoms with van der Waals surface area (Å²) in [6.07, 6.45) is 0.175. The number of cyclic esters (lactones) is 1. The Bertz CT molecular complexity index is 1060. The lowest BCUT2D eigenvalue weighted by molar-refractivity contribution is 0.0252. The van der Waals surface area contributed by atoms with Crippen molar-refractivity contribution >= 4 is 29.2 Å². The molecule has 1 unspecified atom stereocenters. The molecular weight excluding hydrogens is 374 g/mol. The van der Waals surface area contributed by atoms with Crippen LogP contribution in [0.2, 0.25) is 5.02 Å². The number of aryl methyl sites for hydroxylation is 1. The lowest BCUT2D eigenvalue weighted by Gasteiger charge is -2.25. The molecule has 3 aromatic carbocycles. The zero-order valence-corrected chi connectivity index (χ0v) is 16.0. The zero-order chi connectivity index (χ0) is 19.7. The van der Waals surface area contributed by atoms with Crippen LogP contribution in [0.1, 0.15) is 43.5 Å². The first-order chi connectivity index (χ1) is 13.5. The summed E-state index contributed by atoms with van der Waals surface area (Å²) in [6, 6.07) is 19.9. The van der Waals surface area contributed by atoms with E-state index in [9.17, 15) is 9.59 Å². The van der Waals surface area contributed by atoms with Gasteiger partial charge in [0, 0.05) is 22.7 Å². The van der Waals surface area contributed by atoms with Gasteiger partial charge in [0.1, 0.15) is 6.10 Å². The van der Waals surface area contributed by atoms with Crippen molar-refractivity contribution in [3.8, 4) is 0 Å². The summed E-state index contributed by atoms with van der Waals surface area (Å²) in [5.74, 6) is -0.621. The van der Waals surface area contributed by atoms with Gasteiger partial charge in [-0.2, -0.15) is 0 Å². The number of nitrogens with one attached hydrogen (secondary N) is 1. The predicted molar refractivity (Wildman–Crippen MR) is 109 cm³/mol. The van der Waals surface area contributed by atoms with Crippen molar-refractivity contribution in [3.63, 3.8) is 0 Å². The summed E-state index contributed by atoms with van der Waals surface area (Å²) in [5.41, 5.74) is 4.50. The number of ether oxygens (including phenoxy) is 1. The van der Waals surface area contributed by atoms with Crippen LogP contribution in [0.5, 0.6) is 0 Å². The van der Waals surface area contributed by atoms with Gasteiger partial charge in [-0.15, -0.1) is 0 Å². The van der Waals surface area contributed by atoms with Crippen LogP contribution in [0.15, 0.2) is 66.7 Å². The minimum Gasteiger partial charge on any atom is -0.454 e. The van der Waals surface area contributed by atoms with Crippen LogP contribution in [0.3, 0.4) is 0 Å². The molecule has 0 radical (unpaired) electrons. The fourth-order valence-corrected chi connectivity index (χ4v) is 3.46. The number of esters is 1. The number of hydrogen-bond donors (Lipinski definition) is 1. The lowest BCUT2D eigenvalue weighted by Crippen LogP contribution is -2.23. The van der Waals surface area contributed by atoms with E-state index in [4.69, 9.17) is 16.3 Å². The average molecular weight is 392 g/mol. The van der Waals surface area contributed by atoms with E-state index in [2.05, 4.69) is 5.32 Å². The van der Waals surface area contributed by atoms with Crippen molar-refractivity contribution in [2.75, 3.05) is 5.32 Å². The van der Waals surface area contributed by atoms with Crippen LogP contribution in [0, 0.1) is 6.92 Å². The van der Waals surface area contributed by atoms with E-state index < -0.39 is 0 Å². The number of benzene rings is 3. The highest BCUT2D eigenvalue weighted by Gasteiger charge is 2.28. The molecule has 0 aliphatic carbocycles. The largest absolute Gasteiger partial charge is 0.454 e. The fourth-order valence-electron chi connectivity index (χ4n) is 3.27. The van der Waals surface area contributed by atoms with E-state index in [1.54, 1.807) is 42.5 Å². The Morgan fingerprint density at radius 1 is 1.07 bits per heavy atom. The molecule has 4 rings (SSSR count). The van der Waals surface area contributed by atoms with Crippen LogP contribution >= 0.6 is 11.6 Å². The molecule has 0 bridgehead atoms. The Morgan fingerprint density at radius 2 is 1.86 bits per heavy atom. The Labute approximate surface area is 168 Å². The number of hydrogen-bond acceptors (Lipinski definition) is 3. The Balaban J connectivity index is 1.58. The minimum atomic E-state index is -0.367. The molecule has 28 heavy (non-hydrogen) atoms. The maximum atomic E-state index is 12.6. The molecule has 1 N–H and O–H groups in total. The Hall–Kier alpha value is -3.11. The smallest absolute Gasteiger partial charge is 0.339 e. The molecule has 0 aromatic heterocycles. The predicted octanol–water partition coefficient (Wildman–Crippen LogP) is 5.35. The molecule has 4 nitrogen and oxygen atoms in total. The van der Waals surface area contributed by atoms with Gasteiger partial charge in [-0.25, -0.2) is 4.79 Å². The van der Waals surface area contributed by atoms with Gasteiger partial charge >= 0.3 is 5.97 Å². The molecule has 0 spiro atoms. The van der Waals surface area contributed by atoms with Crippen molar-refractivity contribution in [1.29, 1.82) is 0 Å². The molecule has 140 valence electrons. The average Bonchev–Trinajstić information content (AvgIpc) is 2.68. The van der Waals surface area contributed by atoms with Gasteiger partial charge < -0.3 is 10.1 Å². The second-order valence-electron chi connectivity index (χ2n) is 6.85. The van der Waals surface area contributed by atoms with E-state index in [1.807, 2.05) is 31.2 Å². The molecular formula is C23H18ClNO3. The standard InChI is InChI=1S/C23H18ClNO3/c1-14-5-7-15(8-6-14)21-12-17-11-16(9-10-20(17)23(27)28-21)22(26)25-19-4-2-3-18(24)13-19/h2-11,13,21H,12H2,1H3,(H,25,26). The van der Waals surface area contributed by atoms with Gasteiger partial charge in [0.15, 0.2) is 0 Å². The van der Waals surface area contributed by atoms with Crippen LogP contribution in [0.4, 0.5) is 5.69 Å². The summed E-state index contributed by atoms with van der Waals surface area (Å²) in [7, 11) is 0. The first kappa shape index (κ1) is 18.3. The number of anilines is 1. The van der Waals surface area contributed by atoms with Crippen molar-refractivity contribution in [1.82, 2.24) is 0 Å². The summed E-state index contributed by atoms with van der Waals surface area (Å²) in [6.45, 7) is 2.01. The van der Waals surface area contributed by atoms with Gasteiger partial charge in [-0.05, 0) is 54.4 Å². The number of carbonyl (C=O) groups excluding carboxylic acids is 2. The van der Waals surface area contributed by atoms with Gasteiger partial charge in [0.2, 0.25) is 0 Å². The minimum absolute atomic E-state index is 0.254. The molecule has 1 amide bonds. The summed E-state index contributed by atoms with van der Waals surface area (Å²) in [4.78, 5) is 25.0. The molecule has 1 atom stereocenters. The Morgan fingerprint density at radius 3 is 2.61 bits per heavy atom. The summed E-state index contributed by atoms with van der Waals surface area (Å²) < 4.78 is 5.59. The summed E-state index contributed by atoms with van der Waals surface area (Å²) in [5, 5.41) is 3.37. The zero-order valence-electron chi connectivity index (χ0n) is 15.2. The van der Waals surface area contributed by atoms with Crippen molar-refractivity contribution < 1.29 is 14.3 Å². The molecule has 3 aromatic rings. The van der Waals surface area contributed by atoms with E-state index in [-0.39, 0.29) is 18.0 Å². The Kier molecular flexibility index (Phi) is 4.88. The SMILES string of the molecule is Cc1ccc(C2Cc3cc(C(=O)Nc4cccc(Cl)c4)ccc3C(=O)O2)cc1. The second kappa shape index (κ2) is 7.49. The highest BCUT2D eigenvalue weighted by Crippen LogP contribution is 2.31. The first-order valence-corrected chi connectivity index (χ1v) is 9.35. The number of rotatable bonds is 3. The third-order valence-electron chi connectivity index (χ3n) is 4.77. The first-order valence-electron chi connectivity index (χ1n) is 8.97. The monoisotopic (exact) mass is 391 g/mol. The van der Waals surface area contributed by atoms with Gasteiger partial charge in [0.25, 0.3) is 5.91 Å². The highest BCUT2D eigenvalue weighted by molar-refractivity contribution is 6.31. The van der Waals surface area contributed by atoms with Gasteiger partial charge in [-0.3, -0.25) is 4.79 Å². The molecule has 1 aliphatic heterocycles. The molecule has 1 aliphatic rings. The van der Waals surface area contributed by atoms with Crippen molar-refractivity contribution in [3.05, 3.63) is 99.6 Å². The highest BCUT2D eigenvalue weighted by atomic mass is 35.5. The maximum absolute atomic E-state index is 12.6. The van der Waals surface area contributed by atoms with E-state index in [0.717, 1.165) is 16.7 Å². The number of fused-ring (bicyclic) bond motifs is 1. The van der Waals surface area contributed by atoms with Crippen molar-refractivity contribution in [2.45, 2.75) is 19.4 Å². The van der Waals surface area contributed by atoms with Crippen molar-refractivity contribution in [2.24, 2.45) is 0 Å². The topological polar surface area (TPSA) is 55.4 Å². The van der Waals surface area contributed by atoms with Gasteiger partial charge in [0.05, 0.1) is 5.56 Å². The molecule has 1 heterocycles. The third kappa shape index (κ3) is 3.78. The molecule has 5 heteroatoms. The number of amides is 1. The molecule has 0 saturated heterocycles. The van der Waals surface area contributed by atoms with E-state index >= 15 is 0 Å². The number of halogens is 1. The van der Waals surface area contributed by atoms with Crippen LogP contribution in [-0.2, 0) is 11.2 Å². The quantitative estimate of drug-likeness (QED) is 0.612. The lowest BCUT2D eigenvalue weighted by atomic mass is 9.92. The number of carbonyl (C=O) groups is 2.